The molecule has 3 rings (SSSR count). The Morgan fingerprint density at radius 2 is 2.04 bits per heavy atom. The first-order chi connectivity index (χ1) is 12.1. The van der Waals surface area contributed by atoms with Crippen molar-refractivity contribution in [3.8, 4) is 11.3 Å². The molecule has 0 aliphatic carbocycles. The number of ether oxygens (including phenoxy) is 1. The van der Waals surface area contributed by atoms with Crippen LogP contribution in [0.1, 0.15) is 30.1 Å². The van der Waals surface area contributed by atoms with E-state index in [2.05, 4.69) is 5.16 Å². The minimum Gasteiger partial charge on any atom is -0.477 e. The fraction of sp³-hybridized carbons (Fsp3) is 0.444. The summed E-state index contributed by atoms with van der Waals surface area (Å²) in [6, 6.07) is 6.86. The second-order valence-corrected chi connectivity index (χ2v) is 6.55. The van der Waals surface area contributed by atoms with Crippen LogP contribution in [0, 0.1) is 5.92 Å². The van der Waals surface area contributed by atoms with E-state index in [1.54, 1.807) is 24.3 Å². The molecule has 0 bridgehead atoms. The van der Waals surface area contributed by atoms with Crippen LogP contribution >= 0.6 is 11.6 Å². The van der Waals surface area contributed by atoms with Crippen LogP contribution in [0.2, 0.25) is 5.02 Å². The number of carboxylic acid groups (broad SMARTS) is 1. The van der Waals surface area contributed by atoms with Gasteiger partial charge >= 0.3 is 5.97 Å². The van der Waals surface area contributed by atoms with Crippen LogP contribution in [0.4, 0.5) is 5.82 Å². The van der Waals surface area contributed by atoms with Crippen molar-refractivity contribution in [2.75, 3.05) is 31.2 Å². The average Bonchev–Trinajstić information content (AvgIpc) is 3.06. The number of nitrogens with zero attached hydrogens (tertiary/aromatic N) is 2. The molecular formula is C18H21ClN2O4. The maximum Gasteiger partial charge on any atom is 0.343 e. The third-order valence-electron chi connectivity index (χ3n) is 4.47. The van der Waals surface area contributed by atoms with Gasteiger partial charge in [0, 0.05) is 36.9 Å². The number of aromatic carboxylic acids is 1. The van der Waals surface area contributed by atoms with Gasteiger partial charge in [0.25, 0.3) is 0 Å². The average molecular weight is 365 g/mol. The van der Waals surface area contributed by atoms with E-state index in [4.69, 9.17) is 20.9 Å². The van der Waals surface area contributed by atoms with Crippen molar-refractivity contribution in [2.45, 2.75) is 19.8 Å². The zero-order chi connectivity index (χ0) is 17.8. The van der Waals surface area contributed by atoms with E-state index in [1.165, 1.54) is 0 Å². The Kier molecular flexibility index (Phi) is 5.60. The molecule has 1 fully saturated rings. The molecule has 1 saturated heterocycles. The molecule has 25 heavy (non-hydrogen) atoms. The lowest BCUT2D eigenvalue weighted by molar-refractivity contribution is 0.0697. The van der Waals surface area contributed by atoms with Crippen LogP contribution in [0.15, 0.2) is 28.8 Å². The van der Waals surface area contributed by atoms with Crippen molar-refractivity contribution < 1.29 is 19.2 Å². The SMILES string of the molecule is CCOCC1CCN(c2noc(-c3ccc(Cl)cc3)c2C(=O)O)CC1. The summed E-state index contributed by atoms with van der Waals surface area (Å²) in [6.45, 7) is 4.94. The Morgan fingerprint density at radius 3 is 2.64 bits per heavy atom. The van der Waals surface area contributed by atoms with Crippen LogP contribution in [0.5, 0.6) is 0 Å². The molecule has 1 aromatic heterocycles. The van der Waals surface area contributed by atoms with Gasteiger partial charge in [0.15, 0.2) is 17.1 Å². The third kappa shape index (κ3) is 3.96. The quantitative estimate of drug-likeness (QED) is 0.836. The van der Waals surface area contributed by atoms with Gasteiger partial charge in [-0.1, -0.05) is 16.8 Å². The predicted molar refractivity (Wildman–Crippen MR) is 95.3 cm³/mol. The van der Waals surface area contributed by atoms with Crippen molar-refractivity contribution in [2.24, 2.45) is 5.92 Å². The number of hydrogen-bond acceptors (Lipinski definition) is 5. The minimum atomic E-state index is -1.04. The standard InChI is InChI=1S/C18H21ClN2O4/c1-2-24-11-12-7-9-21(10-8-12)17-15(18(22)23)16(25-20-17)13-3-5-14(19)6-4-13/h3-6,12H,2,7-11H2,1H3,(H,22,23). The van der Waals surface area contributed by atoms with Gasteiger partial charge in [-0.15, -0.1) is 0 Å². The Morgan fingerprint density at radius 1 is 1.36 bits per heavy atom. The van der Waals surface area contributed by atoms with Gasteiger partial charge in [-0.25, -0.2) is 4.79 Å². The number of rotatable bonds is 6. The summed E-state index contributed by atoms with van der Waals surface area (Å²) in [6.07, 6.45) is 1.89. The zero-order valence-corrected chi connectivity index (χ0v) is 14.8. The van der Waals surface area contributed by atoms with Gasteiger partial charge in [0.1, 0.15) is 0 Å². The fourth-order valence-corrected chi connectivity index (χ4v) is 3.21. The van der Waals surface area contributed by atoms with Crippen LogP contribution in [-0.4, -0.2) is 42.5 Å². The van der Waals surface area contributed by atoms with Gasteiger partial charge in [-0.05, 0) is 49.9 Å². The number of carbonyl (C=O) groups is 1. The van der Waals surface area contributed by atoms with E-state index in [9.17, 15) is 9.90 Å². The predicted octanol–water partition coefficient (Wildman–Crippen LogP) is 3.95. The second-order valence-electron chi connectivity index (χ2n) is 6.11. The normalized spacial score (nSPS) is 15.5. The van der Waals surface area contributed by atoms with E-state index in [1.807, 2.05) is 11.8 Å². The number of anilines is 1. The van der Waals surface area contributed by atoms with E-state index >= 15 is 0 Å². The van der Waals surface area contributed by atoms with Gasteiger partial charge < -0.3 is 19.3 Å². The molecule has 2 aromatic rings. The smallest absolute Gasteiger partial charge is 0.343 e. The molecule has 1 aliphatic heterocycles. The molecule has 2 heterocycles. The maximum atomic E-state index is 11.8. The van der Waals surface area contributed by atoms with Crippen molar-refractivity contribution in [1.82, 2.24) is 5.16 Å². The second kappa shape index (κ2) is 7.89. The molecule has 134 valence electrons. The maximum absolute atomic E-state index is 11.8. The summed E-state index contributed by atoms with van der Waals surface area (Å²) in [4.78, 5) is 13.8. The van der Waals surface area contributed by atoms with Crippen LogP contribution in [0.3, 0.4) is 0 Å². The fourth-order valence-electron chi connectivity index (χ4n) is 3.08. The highest BCUT2D eigenvalue weighted by atomic mass is 35.5. The first-order valence-electron chi connectivity index (χ1n) is 8.41. The zero-order valence-electron chi connectivity index (χ0n) is 14.1. The van der Waals surface area contributed by atoms with Crippen LogP contribution in [-0.2, 0) is 4.74 Å². The van der Waals surface area contributed by atoms with E-state index in [0.29, 0.717) is 22.3 Å². The monoisotopic (exact) mass is 364 g/mol. The van der Waals surface area contributed by atoms with Crippen molar-refractivity contribution in [3.05, 3.63) is 34.9 Å². The summed E-state index contributed by atoms with van der Waals surface area (Å²) >= 11 is 5.90. The van der Waals surface area contributed by atoms with Gasteiger partial charge in [0.05, 0.1) is 0 Å². The van der Waals surface area contributed by atoms with Gasteiger partial charge in [0.2, 0.25) is 0 Å². The minimum absolute atomic E-state index is 0.102. The first-order valence-corrected chi connectivity index (χ1v) is 8.79. The van der Waals surface area contributed by atoms with E-state index < -0.39 is 5.97 Å². The molecule has 0 spiro atoms. The molecular weight excluding hydrogens is 344 g/mol. The first kappa shape index (κ1) is 17.8. The molecule has 0 saturated carbocycles. The molecule has 0 radical (unpaired) electrons. The summed E-state index contributed by atoms with van der Waals surface area (Å²) in [5, 5.41) is 14.3. The Labute approximate surface area is 151 Å². The third-order valence-corrected chi connectivity index (χ3v) is 4.72. The molecule has 0 amide bonds. The largest absolute Gasteiger partial charge is 0.477 e. The summed E-state index contributed by atoms with van der Waals surface area (Å²) in [5.74, 6) is 0.118. The van der Waals surface area contributed by atoms with Gasteiger partial charge in [-0.3, -0.25) is 0 Å². The number of hydrogen-bond donors (Lipinski definition) is 1. The lowest BCUT2D eigenvalue weighted by Crippen LogP contribution is -2.36. The molecule has 1 N–H and O–H groups in total. The van der Waals surface area contributed by atoms with E-state index in [0.717, 1.165) is 39.1 Å². The lowest BCUT2D eigenvalue weighted by atomic mass is 9.97. The molecule has 1 aliphatic rings. The number of halogens is 1. The van der Waals surface area contributed by atoms with Crippen molar-refractivity contribution in [3.63, 3.8) is 0 Å². The summed E-state index contributed by atoms with van der Waals surface area (Å²) in [5.41, 5.74) is 0.748. The molecule has 7 heteroatoms. The van der Waals surface area contributed by atoms with Crippen LogP contribution < -0.4 is 4.90 Å². The Bertz CT molecular complexity index is 721. The van der Waals surface area contributed by atoms with Gasteiger partial charge in [-0.2, -0.15) is 0 Å². The molecule has 1 aromatic carbocycles. The summed E-state index contributed by atoms with van der Waals surface area (Å²) in [7, 11) is 0. The topological polar surface area (TPSA) is 75.8 Å². The summed E-state index contributed by atoms with van der Waals surface area (Å²) < 4.78 is 10.9. The molecule has 0 atom stereocenters. The highest BCUT2D eigenvalue weighted by Gasteiger charge is 2.30. The number of benzene rings is 1. The Hall–Kier alpha value is -2.05. The highest BCUT2D eigenvalue weighted by Crippen LogP contribution is 2.33. The Balaban J connectivity index is 1.81. The lowest BCUT2D eigenvalue weighted by Gasteiger charge is -2.31. The van der Waals surface area contributed by atoms with Crippen molar-refractivity contribution in [1.29, 1.82) is 0 Å². The van der Waals surface area contributed by atoms with E-state index in [-0.39, 0.29) is 11.3 Å². The van der Waals surface area contributed by atoms with Crippen molar-refractivity contribution >= 4 is 23.4 Å². The number of carboxylic acids is 1. The number of aromatic nitrogens is 1. The molecule has 0 unspecified atom stereocenters. The molecule has 6 nitrogen and oxygen atoms in total. The highest BCUT2D eigenvalue weighted by molar-refractivity contribution is 6.30. The van der Waals surface area contributed by atoms with Crippen LogP contribution in [0.25, 0.3) is 11.3 Å². The number of piperidine rings is 1.